The highest BCUT2D eigenvalue weighted by atomic mass is 35.5. The molecular formula is C10H17ClO. The molecule has 0 aliphatic heterocycles. The van der Waals surface area contributed by atoms with Gasteiger partial charge in [-0.3, -0.25) is 4.79 Å². The van der Waals surface area contributed by atoms with Gasteiger partial charge in [0.1, 0.15) is 5.78 Å². The standard InChI is InChI=1S/C10H17ClO/c1-3-5-10(12)8-9(2)6-4-7-11/h6H,3-5,7-8H2,1-2H3/b9-6-. The molecule has 12 heavy (non-hydrogen) atoms. The minimum atomic E-state index is 0.334. The smallest absolute Gasteiger partial charge is 0.136 e. The average Bonchev–Trinajstić information content (AvgIpc) is 2.01. The first-order chi connectivity index (χ1) is 5.70. The van der Waals surface area contributed by atoms with Crippen LogP contribution in [0.3, 0.4) is 0 Å². The van der Waals surface area contributed by atoms with Crippen LogP contribution in [0.5, 0.6) is 0 Å². The summed E-state index contributed by atoms with van der Waals surface area (Å²) in [7, 11) is 0. The molecule has 0 rings (SSSR count). The fourth-order valence-electron chi connectivity index (χ4n) is 1.05. The van der Waals surface area contributed by atoms with Crippen molar-refractivity contribution in [2.75, 3.05) is 5.88 Å². The van der Waals surface area contributed by atoms with Gasteiger partial charge in [-0.05, 0) is 19.8 Å². The van der Waals surface area contributed by atoms with Gasteiger partial charge in [0.15, 0.2) is 0 Å². The van der Waals surface area contributed by atoms with Crippen molar-refractivity contribution in [3.05, 3.63) is 11.6 Å². The zero-order valence-corrected chi connectivity index (χ0v) is 8.66. The Balaban J connectivity index is 3.67. The zero-order chi connectivity index (χ0) is 9.40. The fourth-order valence-corrected chi connectivity index (χ4v) is 1.16. The Morgan fingerprint density at radius 3 is 2.67 bits per heavy atom. The molecule has 0 unspecified atom stereocenters. The molecule has 0 aromatic heterocycles. The summed E-state index contributed by atoms with van der Waals surface area (Å²) in [6.45, 7) is 4.01. The number of ketones is 1. The molecule has 0 spiro atoms. The Morgan fingerprint density at radius 2 is 2.17 bits per heavy atom. The molecule has 70 valence electrons. The zero-order valence-electron chi connectivity index (χ0n) is 7.90. The van der Waals surface area contributed by atoms with Gasteiger partial charge >= 0.3 is 0 Å². The fraction of sp³-hybridized carbons (Fsp3) is 0.700. The minimum Gasteiger partial charge on any atom is -0.299 e. The van der Waals surface area contributed by atoms with Crippen molar-refractivity contribution in [2.45, 2.75) is 39.5 Å². The van der Waals surface area contributed by atoms with E-state index in [2.05, 4.69) is 0 Å². The Kier molecular flexibility index (Phi) is 7.17. The van der Waals surface area contributed by atoms with Crippen molar-refractivity contribution in [3.63, 3.8) is 0 Å². The summed E-state index contributed by atoms with van der Waals surface area (Å²) < 4.78 is 0. The number of halogens is 1. The highest BCUT2D eigenvalue weighted by Gasteiger charge is 2.00. The Bertz CT molecular complexity index is 161. The van der Waals surface area contributed by atoms with Gasteiger partial charge < -0.3 is 0 Å². The Morgan fingerprint density at radius 1 is 1.50 bits per heavy atom. The van der Waals surface area contributed by atoms with E-state index < -0.39 is 0 Å². The number of alkyl halides is 1. The monoisotopic (exact) mass is 188 g/mol. The third-order valence-corrected chi connectivity index (χ3v) is 1.82. The van der Waals surface area contributed by atoms with Crippen LogP contribution in [0.25, 0.3) is 0 Å². The van der Waals surface area contributed by atoms with E-state index in [1.165, 1.54) is 0 Å². The second kappa shape index (κ2) is 7.35. The van der Waals surface area contributed by atoms with Crippen LogP contribution in [0.2, 0.25) is 0 Å². The molecule has 0 aromatic rings. The summed E-state index contributed by atoms with van der Waals surface area (Å²) >= 11 is 5.51. The molecule has 0 saturated heterocycles. The van der Waals surface area contributed by atoms with Gasteiger partial charge in [0.25, 0.3) is 0 Å². The van der Waals surface area contributed by atoms with Crippen LogP contribution in [0.15, 0.2) is 11.6 Å². The van der Waals surface area contributed by atoms with E-state index in [0.29, 0.717) is 24.5 Å². The molecule has 0 N–H and O–H groups in total. The molecule has 0 heterocycles. The predicted octanol–water partition coefficient (Wildman–Crippen LogP) is 3.32. The Hall–Kier alpha value is -0.300. The number of carbonyl (C=O) groups is 1. The van der Waals surface area contributed by atoms with Gasteiger partial charge in [-0.15, -0.1) is 11.6 Å². The number of hydrogen-bond donors (Lipinski definition) is 0. The molecule has 1 nitrogen and oxygen atoms in total. The van der Waals surface area contributed by atoms with Gasteiger partial charge in [-0.1, -0.05) is 18.6 Å². The lowest BCUT2D eigenvalue weighted by Crippen LogP contribution is -1.97. The highest BCUT2D eigenvalue weighted by Crippen LogP contribution is 2.05. The lowest BCUT2D eigenvalue weighted by Gasteiger charge is -1.98. The van der Waals surface area contributed by atoms with Crippen LogP contribution < -0.4 is 0 Å². The molecule has 0 radical (unpaired) electrons. The van der Waals surface area contributed by atoms with Gasteiger partial charge in [-0.2, -0.15) is 0 Å². The molecule has 0 atom stereocenters. The lowest BCUT2D eigenvalue weighted by atomic mass is 10.1. The maximum Gasteiger partial charge on any atom is 0.136 e. The summed E-state index contributed by atoms with van der Waals surface area (Å²) in [5.41, 5.74) is 1.15. The van der Waals surface area contributed by atoms with Crippen molar-refractivity contribution in [1.29, 1.82) is 0 Å². The first-order valence-corrected chi connectivity index (χ1v) is 4.97. The normalized spacial score (nSPS) is 11.8. The molecule has 0 saturated carbocycles. The van der Waals surface area contributed by atoms with Crippen LogP contribution in [0, 0.1) is 0 Å². The van der Waals surface area contributed by atoms with E-state index >= 15 is 0 Å². The largest absolute Gasteiger partial charge is 0.299 e. The van der Waals surface area contributed by atoms with E-state index in [1.54, 1.807) is 0 Å². The first kappa shape index (κ1) is 11.7. The van der Waals surface area contributed by atoms with Gasteiger partial charge in [0, 0.05) is 18.7 Å². The summed E-state index contributed by atoms with van der Waals surface area (Å²) in [5.74, 6) is 0.972. The molecule has 0 fully saturated rings. The van der Waals surface area contributed by atoms with Gasteiger partial charge in [-0.25, -0.2) is 0 Å². The van der Waals surface area contributed by atoms with E-state index in [4.69, 9.17) is 11.6 Å². The van der Waals surface area contributed by atoms with Crippen molar-refractivity contribution < 1.29 is 4.79 Å². The summed E-state index contributed by atoms with van der Waals surface area (Å²) in [4.78, 5) is 11.1. The number of allylic oxidation sites excluding steroid dienone is 2. The topological polar surface area (TPSA) is 17.1 Å². The van der Waals surface area contributed by atoms with Crippen LogP contribution in [-0.2, 0) is 4.79 Å². The van der Waals surface area contributed by atoms with Crippen LogP contribution >= 0.6 is 11.6 Å². The van der Waals surface area contributed by atoms with Gasteiger partial charge in [0.2, 0.25) is 0 Å². The molecule has 0 bridgehead atoms. The van der Waals surface area contributed by atoms with E-state index in [9.17, 15) is 4.79 Å². The molecule has 0 aromatic carbocycles. The van der Waals surface area contributed by atoms with Crippen molar-refractivity contribution >= 4 is 17.4 Å². The highest BCUT2D eigenvalue weighted by molar-refractivity contribution is 6.17. The average molecular weight is 189 g/mol. The first-order valence-electron chi connectivity index (χ1n) is 4.44. The predicted molar refractivity (Wildman–Crippen MR) is 53.6 cm³/mol. The van der Waals surface area contributed by atoms with Crippen LogP contribution in [0.4, 0.5) is 0 Å². The maximum atomic E-state index is 11.1. The van der Waals surface area contributed by atoms with Crippen molar-refractivity contribution in [1.82, 2.24) is 0 Å². The van der Waals surface area contributed by atoms with Crippen molar-refractivity contribution in [2.24, 2.45) is 0 Å². The number of Topliss-reactive ketones (excluding diaryl/α,β-unsaturated/α-hetero) is 1. The number of hydrogen-bond acceptors (Lipinski definition) is 1. The third kappa shape index (κ3) is 6.41. The van der Waals surface area contributed by atoms with E-state index in [0.717, 1.165) is 18.4 Å². The minimum absolute atomic E-state index is 0.334. The third-order valence-electron chi connectivity index (χ3n) is 1.61. The van der Waals surface area contributed by atoms with E-state index in [-0.39, 0.29) is 0 Å². The summed E-state index contributed by atoms with van der Waals surface area (Å²) in [6.07, 6.45) is 5.16. The number of carbonyl (C=O) groups excluding carboxylic acids is 1. The SMILES string of the molecule is CCCC(=O)C/C(C)=C\CCCl. The summed E-state index contributed by atoms with van der Waals surface area (Å²) in [5, 5.41) is 0. The summed E-state index contributed by atoms with van der Waals surface area (Å²) in [6, 6.07) is 0. The van der Waals surface area contributed by atoms with Crippen LogP contribution in [0.1, 0.15) is 39.5 Å². The Labute approximate surface area is 79.8 Å². The maximum absolute atomic E-state index is 11.1. The molecule has 0 aliphatic rings. The quantitative estimate of drug-likeness (QED) is 0.462. The van der Waals surface area contributed by atoms with Crippen LogP contribution in [-0.4, -0.2) is 11.7 Å². The number of rotatable bonds is 6. The molecule has 0 amide bonds. The second-order valence-electron chi connectivity index (χ2n) is 2.99. The van der Waals surface area contributed by atoms with Gasteiger partial charge in [0.05, 0.1) is 0 Å². The van der Waals surface area contributed by atoms with Crippen molar-refractivity contribution in [3.8, 4) is 0 Å². The second-order valence-corrected chi connectivity index (χ2v) is 3.37. The lowest BCUT2D eigenvalue weighted by molar-refractivity contribution is -0.118. The molecule has 2 heteroatoms. The molecular weight excluding hydrogens is 172 g/mol. The van der Waals surface area contributed by atoms with E-state index in [1.807, 2.05) is 19.9 Å². The molecule has 0 aliphatic carbocycles.